The molecule has 0 radical (unpaired) electrons. The number of ether oxygens (including phenoxy) is 4. The zero-order valence-corrected chi connectivity index (χ0v) is 21.4. The lowest BCUT2D eigenvalue weighted by atomic mass is 10.1. The maximum atomic E-state index is 11.8. The molecule has 0 saturated carbocycles. The van der Waals surface area contributed by atoms with Crippen LogP contribution in [0.4, 0.5) is 0 Å². The smallest absolute Gasteiger partial charge is 0.338 e. The first-order valence-corrected chi connectivity index (χ1v) is 14.2. The Morgan fingerprint density at radius 1 is 0.871 bits per heavy atom. The van der Waals surface area contributed by atoms with Crippen LogP contribution in [-0.4, -0.2) is 59.6 Å². The summed E-state index contributed by atoms with van der Waals surface area (Å²) < 4.78 is 26.5. The van der Waals surface area contributed by atoms with E-state index in [1.807, 2.05) is 6.08 Å². The quantitative estimate of drug-likeness (QED) is 0.170. The molecule has 8 heteroatoms. The molecule has 0 aromatic carbocycles. The SMILES string of the molecule is COC(=O)[C@@H]1OC(/C=C/CCCCCCCCO[Si](C)(C)C(C)(C)C)O[C@H]1C(=O)OC. The predicted octanol–water partition coefficient (Wildman–Crippen LogP) is 4.75. The molecule has 0 aromatic rings. The lowest BCUT2D eigenvalue weighted by Gasteiger charge is -2.36. The van der Waals surface area contributed by atoms with Crippen LogP contribution in [0.2, 0.25) is 18.1 Å². The number of hydrogen-bond acceptors (Lipinski definition) is 7. The van der Waals surface area contributed by atoms with Crippen LogP contribution in [0.1, 0.15) is 65.7 Å². The van der Waals surface area contributed by atoms with Gasteiger partial charge in [-0.3, -0.25) is 0 Å². The highest BCUT2D eigenvalue weighted by atomic mass is 28.4. The number of unbranched alkanes of at least 4 members (excludes halogenated alkanes) is 6. The fraction of sp³-hybridized carbons (Fsp3) is 0.826. The van der Waals surface area contributed by atoms with Crippen molar-refractivity contribution in [2.75, 3.05) is 20.8 Å². The molecule has 0 amide bonds. The van der Waals surface area contributed by atoms with Crippen LogP contribution in [0.15, 0.2) is 12.2 Å². The van der Waals surface area contributed by atoms with Gasteiger partial charge < -0.3 is 23.4 Å². The Balaban J connectivity index is 2.15. The maximum Gasteiger partial charge on any atom is 0.338 e. The summed E-state index contributed by atoms with van der Waals surface area (Å²) in [5.74, 6) is -1.30. The minimum atomic E-state index is -1.61. The molecule has 0 unspecified atom stereocenters. The molecular weight excluding hydrogens is 416 g/mol. The highest BCUT2D eigenvalue weighted by molar-refractivity contribution is 6.74. The van der Waals surface area contributed by atoms with E-state index in [1.165, 1.54) is 33.5 Å². The molecule has 0 aromatic heterocycles. The molecule has 0 N–H and O–H groups in total. The Labute approximate surface area is 188 Å². The van der Waals surface area contributed by atoms with Crippen LogP contribution < -0.4 is 0 Å². The number of hydrogen-bond donors (Lipinski definition) is 0. The van der Waals surface area contributed by atoms with Crippen LogP contribution >= 0.6 is 0 Å². The summed E-state index contributed by atoms with van der Waals surface area (Å²) in [6, 6.07) is 0. The van der Waals surface area contributed by atoms with Crippen LogP contribution in [-0.2, 0) is 33.0 Å². The van der Waals surface area contributed by atoms with E-state index in [4.69, 9.17) is 13.9 Å². The Morgan fingerprint density at radius 3 is 1.84 bits per heavy atom. The third-order valence-electron chi connectivity index (χ3n) is 6.03. The summed E-state index contributed by atoms with van der Waals surface area (Å²) in [7, 11) is 0.869. The molecule has 0 aliphatic carbocycles. The zero-order chi connectivity index (χ0) is 23.5. The van der Waals surface area contributed by atoms with Gasteiger partial charge in [0, 0.05) is 6.61 Å². The molecule has 31 heavy (non-hydrogen) atoms. The molecule has 1 aliphatic rings. The first-order valence-electron chi connectivity index (χ1n) is 11.3. The molecule has 0 bridgehead atoms. The van der Waals surface area contributed by atoms with Gasteiger partial charge in [-0.05, 0) is 43.5 Å². The standard InChI is InChI=1S/C23H42O7Si/c1-23(2,3)31(6,7)28-17-15-13-11-9-8-10-12-14-16-18-29-19(21(24)26-4)20(30-18)22(25)27-5/h14,16,18-20H,8-13,15,17H2,1-7H3/b16-14+/t19-,20-/m1/s1. The lowest BCUT2D eigenvalue weighted by Crippen LogP contribution is -2.40. The molecule has 2 atom stereocenters. The molecule has 1 fully saturated rings. The Bertz CT molecular complexity index is 559. The second-order valence-corrected chi connectivity index (χ2v) is 14.3. The summed E-state index contributed by atoms with van der Waals surface area (Å²) in [4.78, 5) is 23.5. The van der Waals surface area contributed by atoms with E-state index in [0.29, 0.717) is 0 Å². The highest BCUT2D eigenvalue weighted by Crippen LogP contribution is 2.36. The number of carbonyl (C=O) groups is 2. The lowest BCUT2D eigenvalue weighted by molar-refractivity contribution is -0.160. The average Bonchev–Trinajstić information content (AvgIpc) is 3.14. The van der Waals surface area contributed by atoms with Crippen molar-refractivity contribution in [3.8, 4) is 0 Å². The van der Waals surface area contributed by atoms with Gasteiger partial charge in [-0.2, -0.15) is 0 Å². The topological polar surface area (TPSA) is 80.3 Å². The summed E-state index contributed by atoms with van der Waals surface area (Å²) in [5, 5.41) is 0.273. The molecule has 1 rings (SSSR count). The normalized spacial score (nSPS) is 20.4. The van der Waals surface area contributed by atoms with Crippen LogP contribution in [0, 0.1) is 0 Å². The summed E-state index contributed by atoms with van der Waals surface area (Å²) >= 11 is 0. The van der Waals surface area contributed by atoms with Crippen LogP contribution in [0.25, 0.3) is 0 Å². The van der Waals surface area contributed by atoms with Crippen LogP contribution in [0.5, 0.6) is 0 Å². The van der Waals surface area contributed by atoms with Crippen molar-refractivity contribution >= 4 is 20.3 Å². The van der Waals surface area contributed by atoms with E-state index in [-0.39, 0.29) is 5.04 Å². The van der Waals surface area contributed by atoms with Crippen LogP contribution in [0.3, 0.4) is 0 Å². The van der Waals surface area contributed by atoms with E-state index >= 15 is 0 Å². The van der Waals surface area contributed by atoms with Gasteiger partial charge in [-0.25, -0.2) is 9.59 Å². The summed E-state index contributed by atoms with van der Waals surface area (Å²) in [6.07, 6.45) is 8.63. The van der Waals surface area contributed by atoms with E-state index in [2.05, 4.69) is 43.3 Å². The number of allylic oxidation sites excluding steroid dienone is 1. The fourth-order valence-electron chi connectivity index (χ4n) is 2.97. The largest absolute Gasteiger partial charge is 0.467 e. The summed E-state index contributed by atoms with van der Waals surface area (Å²) in [6.45, 7) is 12.3. The number of esters is 2. The average molecular weight is 459 g/mol. The van der Waals surface area contributed by atoms with Gasteiger partial charge in [-0.15, -0.1) is 0 Å². The third kappa shape index (κ3) is 9.43. The Kier molecular flexibility index (Phi) is 12.0. The number of carbonyl (C=O) groups excluding carboxylic acids is 2. The molecular formula is C23H42O7Si. The van der Waals surface area contributed by atoms with Gasteiger partial charge in [0.15, 0.2) is 26.8 Å². The number of rotatable bonds is 13. The van der Waals surface area contributed by atoms with E-state index in [9.17, 15) is 9.59 Å². The van der Waals surface area contributed by atoms with Gasteiger partial charge in [0.2, 0.25) is 0 Å². The van der Waals surface area contributed by atoms with Crippen molar-refractivity contribution in [1.82, 2.24) is 0 Å². The van der Waals surface area contributed by atoms with E-state index in [0.717, 1.165) is 32.3 Å². The molecule has 1 saturated heterocycles. The maximum absolute atomic E-state index is 11.8. The first kappa shape index (κ1) is 27.8. The van der Waals surface area contributed by atoms with Crippen molar-refractivity contribution in [2.24, 2.45) is 0 Å². The second kappa shape index (κ2) is 13.4. The molecule has 7 nitrogen and oxygen atoms in total. The van der Waals surface area contributed by atoms with Crippen molar-refractivity contribution < 1.29 is 33.0 Å². The van der Waals surface area contributed by atoms with Gasteiger partial charge in [0.05, 0.1) is 14.2 Å². The van der Waals surface area contributed by atoms with Gasteiger partial charge in [0.1, 0.15) is 0 Å². The molecule has 1 aliphatic heterocycles. The van der Waals surface area contributed by atoms with Gasteiger partial charge in [-0.1, -0.05) is 52.5 Å². The van der Waals surface area contributed by atoms with E-state index < -0.39 is 38.8 Å². The first-order chi connectivity index (χ1) is 14.5. The fourth-order valence-corrected chi connectivity index (χ4v) is 4.06. The Morgan fingerprint density at radius 2 is 1.35 bits per heavy atom. The van der Waals surface area contributed by atoms with Crippen molar-refractivity contribution in [2.45, 2.75) is 102 Å². The summed E-state index contributed by atoms with van der Waals surface area (Å²) in [5.41, 5.74) is 0. The minimum Gasteiger partial charge on any atom is -0.467 e. The van der Waals surface area contributed by atoms with E-state index in [1.54, 1.807) is 6.08 Å². The van der Waals surface area contributed by atoms with Crippen molar-refractivity contribution in [3.63, 3.8) is 0 Å². The second-order valence-electron chi connectivity index (χ2n) is 9.47. The highest BCUT2D eigenvalue weighted by Gasteiger charge is 2.46. The van der Waals surface area contributed by atoms with Gasteiger partial charge >= 0.3 is 11.9 Å². The molecule has 1 heterocycles. The number of methoxy groups -OCH3 is 2. The molecule has 0 spiro atoms. The molecule has 180 valence electrons. The predicted molar refractivity (Wildman–Crippen MR) is 122 cm³/mol. The minimum absolute atomic E-state index is 0.273. The third-order valence-corrected chi connectivity index (χ3v) is 10.6. The monoisotopic (exact) mass is 458 g/mol. The van der Waals surface area contributed by atoms with Gasteiger partial charge in [0.25, 0.3) is 0 Å². The Hall–Kier alpha value is -1.22. The zero-order valence-electron chi connectivity index (χ0n) is 20.4. The van der Waals surface area contributed by atoms with Crippen molar-refractivity contribution in [3.05, 3.63) is 12.2 Å². The van der Waals surface area contributed by atoms with Crippen molar-refractivity contribution in [1.29, 1.82) is 0 Å².